The number of rotatable bonds is 7. The fourth-order valence-electron chi connectivity index (χ4n) is 3.93. The Labute approximate surface area is 205 Å². The van der Waals surface area contributed by atoms with E-state index in [0.29, 0.717) is 24.7 Å². The number of thioether (sulfide) groups is 1. The van der Waals surface area contributed by atoms with Crippen molar-refractivity contribution >= 4 is 44.3 Å². The van der Waals surface area contributed by atoms with Crippen LogP contribution in [0.3, 0.4) is 0 Å². The van der Waals surface area contributed by atoms with Crippen LogP contribution in [-0.4, -0.2) is 49.6 Å². The number of ether oxygens (including phenoxy) is 1. The Morgan fingerprint density at radius 2 is 1.85 bits per heavy atom. The van der Waals surface area contributed by atoms with Gasteiger partial charge in [-0.05, 0) is 79.8 Å². The van der Waals surface area contributed by atoms with E-state index in [4.69, 9.17) is 4.74 Å². The molecular formula is C25H29N3O4S2. The third-order valence-electron chi connectivity index (χ3n) is 6.02. The maximum absolute atomic E-state index is 12.9. The van der Waals surface area contributed by atoms with Gasteiger partial charge in [-0.25, -0.2) is 13.4 Å². The van der Waals surface area contributed by atoms with Crippen molar-refractivity contribution in [1.29, 1.82) is 0 Å². The molecule has 2 aromatic carbocycles. The second kappa shape index (κ2) is 10.3. The van der Waals surface area contributed by atoms with Crippen LogP contribution in [-0.2, 0) is 14.8 Å². The molecule has 1 fully saturated rings. The SMILES string of the molecule is COc1ccc2nc(SCC(=O)Nc3ccc(S(=O)(=O)N4CCC(C)CC4)cc3)c(C)cc2c1. The highest BCUT2D eigenvalue weighted by atomic mass is 32.2. The zero-order valence-electron chi connectivity index (χ0n) is 19.6. The summed E-state index contributed by atoms with van der Waals surface area (Å²) >= 11 is 1.37. The highest BCUT2D eigenvalue weighted by molar-refractivity contribution is 8.00. The maximum atomic E-state index is 12.9. The van der Waals surface area contributed by atoms with Crippen molar-refractivity contribution in [3.63, 3.8) is 0 Å². The van der Waals surface area contributed by atoms with Crippen molar-refractivity contribution in [3.8, 4) is 5.75 Å². The molecule has 180 valence electrons. The number of aryl methyl sites for hydroxylation is 1. The number of carbonyl (C=O) groups excluding carboxylic acids is 1. The summed E-state index contributed by atoms with van der Waals surface area (Å²) in [5, 5.41) is 4.62. The summed E-state index contributed by atoms with van der Waals surface area (Å²) < 4.78 is 32.6. The van der Waals surface area contributed by atoms with Gasteiger partial charge < -0.3 is 10.1 Å². The number of benzene rings is 2. The van der Waals surface area contributed by atoms with Crippen LogP contribution in [0.2, 0.25) is 0 Å². The van der Waals surface area contributed by atoms with E-state index in [1.807, 2.05) is 31.2 Å². The summed E-state index contributed by atoms with van der Waals surface area (Å²) in [5.41, 5.74) is 2.39. The zero-order chi connectivity index (χ0) is 24.3. The fraction of sp³-hybridized carbons (Fsp3) is 0.360. The molecule has 0 radical (unpaired) electrons. The van der Waals surface area contributed by atoms with Gasteiger partial charge in [-0.2, -0.15) is 4.31 Å². The second-order valence-electron chi connectivity index (χ2n) is 8.62. The first kappa shape index (κ1) is 24.5. The summed E-state index contributed by atoms with van der Waals surface area (Å²) in [5.74, 6) is 1.35. The molecule has 1 aliphatic heterocycles. The zero-order valence-corrected chi connectivity index (χ0v) is 21.2. The number of fused-ring (bicyclic) bond motifs is 1. The minimum Gasteiger partial charge on any atom is -0.497 e. The van der Waals surface area contributed by atoms with Crippen LogP contribution in [0.5, 0.6) is 5.75 Å². The molecular weight excluding hydrogens is 470 g/mol. The van der Waals surface area contributed by atoms with Gasteiger partial charge in [0, 0.05) is 24.2 Å². The quantitative estimate of drug-likeness (QED) is 0.474. The van der Waals surface area contributed by atoms with Crippen LogP contribution in [0.4, 0.5) is 5.69 Å². The molecule has 9 heteroatoms. The van der Waals surface area contributed by atoms with E-state index in [-0.39, 0.29) is 16.6 Å². The normalized spacial score (nSPS) is 15.4. The van der Waals surface area contributed by atoms with Crippen LogP contribution >= 0.6 is 11.8 Å². The third-order valence-corrected chi connectivity index (χ3v) is 9.03. The Morgan fingerprint density at radius 1 is 1.15 bits per heavy atom. The number of methoxy groups -OCH3 is 1. The molecule has 0 saturated carbocycles. The summed E-state index contributed by atoms with van der Waals surface area (Å²) in [6, 6.07) is 14.1. The number of hydrogen-bond acceptors (Lipinski definition) is 6. The largest absolute Gasteiger partial charge is 0.497 e. The van der Waals surface area contributed by atoms with Gasteiger partial charge in [-0.15, -0.1) is 0 Å². The first-order valence-corrected chi connectivity index (χ1v) is 13.7. The first-order valence-electron chi connectivity index (χ1n) is 11.2. The fourth-order valence-corrected chi connectivity index (χ4v) is 6.19. The molecule has 7 nitrogen and oxygen atoms in total. The predicted octanol–water partition coefficient (Wildman–Crippen LogP) is 4.70. The molecule has 4 rings (SSSR count). The van der Waals surface area contributed by atoms with Gasteiger partial charge in [-0.3, -0.25) is 4.79 Å². The second-order valence-corrected chi connectivity index (χ2v) is 11.5. The minimum atomic E-state index is -3.50. The molecule has 1 saturated heterocycles. The summed E-state index contributed by atoms with van der Waals surface area (Å²) in [6.07, 6.45) is 1.76. The molecule has 0 unspecified atom stereocenters. The lowest BCUT2D eigenvalue weighted by atomic mass is 10.0. The van der Waals surface area contributed by atoms with Gasteiger partial charge in [0.25, 0.3) is 0 Å². The van der Waals surface area contributed by atoms with Crippen molar-refractivity contribution in [1.82, 2.24) is 9.29 Å². The van der Waals surface area contributed by atoms with Crippen molar-refractivity contribution in [3.05, 3.63) is 54.1 Å². The number of piperidine rings is 1. The lowest BCUT2D eigenvalue weighted by molar-refractivity contribution is -0.113. The maximum Gasteiger partial charge on any atom is 0.243 e. The van der Waals surface area contributed by atoms with E-state index < -0.39 is 10.0 Å². The molecule has 1 amide bonds. The number of hydrogen-bond donors (Lipinski definition) is 1. The van der Waals surface area contributed by atoms with Gasteiger partial charge >= 0.3 is 0 Å². The number of sulfonamides is 1. The summed E-state index contributed by atoms with van der Waals surface area (Å²) in [7, 11) is -1.87. The van der Waals surface area contributed by atoms with Crippen LogP contribution < -0.4 is 10.1 Å². The Balaban J connectivity index is 1.36. The van der Waals surface area contributed by atoms with Crippen LogP contribution in [0.25, 0.3) is 10.9 Å². The molecule has 0 bridgehead atoms. The number of carbonyl (C=O) groups is 1. The van der Waals surface area contributed by atoms with E-state index in [1.54, 1.807) is 35.7 Å². The molecule has 0 spiro atoms. The van der Waals surface area contributed by atoms with Gasteiger partial charge in [0.05, 0.1) is 23.3 Å². The third kappa shape index (κ3) is 5.54. The smallest absolute Gasteiger partial charge is 0.243 e. The van der Waals surface area contributed by atoms with Gasteiger partial charge in [0.15, 0.2) is 0 Å². The molecule has 3 aromatic rings. The van der Waals surface area contributed by atoms with E-state index in [2.05, 4.69) is 17.2 Å². The van der Waals surface area contributed by atoms with E-state index in [9.17, 15) is 13.2 Å². The molecule has 1 aliphatic rings. The Morgan fingerprint density at radius 3 is 2.53 bits per heavy atom. The number of aromatic nitrogens is 1. The number of anilines is 1. The van der Waals surface area contributed by atoms with E-state index >= 15 is 0 Å². The molecule has 2 heterocycles. The van der Waals surface area contributed by atoms with Gasteiger partial charge in [0.2, 0.25) is 15.9 Å². The van der Waals surface area contributed by atoms with Crippen LogP contribution in [0.1, 0.15) is 25.3 Å². The van der Waals surface area contributed by atoms with Crippen LogP contribution in [0, 0.1) is 12.8 Å². The van der Waals surface area contributed by atoms with Gasteiger partial charge in [0.1, 0.15) is 10.8 Å². The highest BCUT2D eigenvalue weighted by Crippen LogP contribution is 2.27. The molecule has 0 aliphatic carbocycles. The molecule has 34 heavy (non-hydrogen) atoms. The van der Waals surface area contributed by atoms with Gasteiger partial charge in [-0.1, -0.05) is 18.7 Å². The van der Waals surface area contributed by atoms with Crippen molar-refractivity contribution in [2.75, 3.05) is 31.3 Å². The Kier molecular flexibility index (Phi) is 7.45. The molecule has 1 aromatic heterocycles. The number of nitrogens with one attached hydrogen (secondary N) is 1. The lowest BCUT2D eigenvalue weighted by Gasteiger charge is -2.29. The summed E-state index contributed by atoms with van der Waals surface area (Å²) in [6.45, 7) is 5.22. The summed E-state index contributed by atoms with van der Waals surface area (Å²) in [4.78, 5) is 17.4. The lowest BCUT2D eigenvalue weighted by Crippen LogP contribution is -2.37. The topological polar surface area (TPSA) is 88.6 Å². The number of nitrogens with zero attached hydrogens (tertiary/aromatic N) is 2. The van der Waals surface area contributed by atoms with Crippen LogP contribution in [0.15, 0.2) is 58.5 Å². The minimum absolute atomic E-state index is 0.179. The van der Waals surface area contributed by atoms with E-state index in [1.165, 1.54) is 11.8 Å². The Hall–Kier alpha value is -2.62. The number of pyridine rings is 1. The van der Waals surface area contributed by atoms with E-state index in [0.717, 1.165) is 40.1 Å². The Bertz CT molecular complexity index is 1290. The van der Waals surface area contributed by atoms with Crippen molar-refractivity contribution < 1.29 is 17.9 Å². The first-order chi connectivity index (χ1) is 16.3. The monoisotopic (exact) mass is 499 g/mol. The van der Waals surface area contributed by atoms with Crippen molar-refractivity contribution in [2.45, 2.75) is 36.6 Å². The average molecular weight is 500 g/mol. The highest BCUT2D eigenvalue weighted by Gasteiger charge is 2.27. The molecule has 1 N–H and O–H groups in total. The standard InChI is InChI=1S/C25H29N3O4S2/c1-17-10-12-28(13-11-17)34(30,31)22-7-4-20(5-8-22)26-24(29)16-33-25-18(2)14-19-15-21(32-3)6-9-23(19)27-25/h4-9,14-15,17H,10-13,16H2,1-3H3,(H,26,29). The molecule has 0 atom stereocenters. The number of amides is 1. The predicted molar refractivity (Wildman–Crippen MR) is 136 cm³/mol. The average Bonchev–Trinajstić information content (AvgIpc) is 2.83. The van der Waals surface area contributed by atoms with Crippen molar-refractivity contribution in [2.24, 2.45) is 5.92 Å².